The van der Waals surface area contributed by atoms with Crippen molar-refractivity contribution in [2.24, 2.45) is 23.4 Å². The van der Waals surface area contributed by atoms with Crippen LogP contribution in [-0.4, -0.2) is 50.2 Å². The highest BCUT2D eigenvalue weighted by Crippen LogP contribution is 2.44. The van der Waals surface area contributed by atoms with Gasteiger partial charge in [0.25, 0.3) is 0 Å². The van der Waals surface area contributed by atoms with E-state index in [1.165, 1.54) is 0 Å². The molecule has 4 unspecified atom stereocenters. The highest BCUT2D eigenvalue weighted by Gasteiger charge is 2.41. The van der Waals surface area contributed by atoms with Gasteiger partial charge in [-0.15, -0.1) is 0 Å². The molecule has 6 nitrogen and oxygen atoms in total. The summed E-state index contributed by atoms with van der Waals surface area (Å²) in [4.78, 5) is 14.1. The van der Waals surface area contributed by atoms with Crippen LogP contribution < -0.4 is 15.2 Å². The van der Waals surface area contributed by atoms with E-state index in [1.54, 1.807) is 0 Å². The third-order valence-electron chi connectivity index (χ3n) is 4.47. The van der Waals surface area contributed by atoms with Gasteiger partial charge in [0.15, 0.2) is 11.5 Å². The molecule has 5 atom stereocenters. The lowest BCUT2D eigenvalue weighted by atomic mass is 9.79. The lowest BCUT2D eigenvalue weighted by Gasteiger charge is -2.47. The zero-order chi connectivity index (χ0) is 41.2. The third kappa shape index (κ3) is 4.75. The highest BCUT2D eigenvalue weighted by molar-refractivity contribution is 5.76. The molecule has 2 N–H and O–H groups in total. The van der Waals surface area contributed by atoms with E-state index >= 15 is 0 Å². The van der Waals surface area contributed by atoms with E-state index in [0.29, 0.717) is 11.8 Å². The number of carbonyl (C=O) groups excluding carboxylic acids is 1. The summed E-state index contributed by atoms with van der Waals surface area (Å²) >= 11 is 0. The van der Waals surface area contributed by atoms with Crippen LogP contribution >= 0.6 is 0 Å². The quantitative estimate of drug-likeness (QED) is 0.654. The lowest BCUT2D eigenvalue weighted by molar-refractivity contribution is -0.160. The van der Waals surface area contributed by atoms with Crippen LogP contribution in [0.25, 0.3) is 0 Å². The Morgan fingerprint density at radius 1 is 1.43 bits per heavy atom. The molecular weight excluding hydrogens is 380 g/mol. The molecule has 0 saturated carbocycles. The minimum absolute atomic E-state index is 0.292. The second kappa shape index (κ2) is 9.56. The number of methoxy groups -OCH3 is 2. The lowest BCUT2D eigenvalue weighted by Crippen LogP contribution is -2.51. The third-order valence-corrected chi connectivity index (χ3v) is 4.47. The van der Waals surface area contributed by atoms with Gasteiger partial charge in [-0.05, 0) is 47.7 Å². The van der Waals surface area contributed by atoms with E-state index in [1.807, 2.05) is 0 Å². The molecule has 3 rings (SSSR count). The van der Waals surface area contributed by atoms with Crippen molar-refractivity contribution in [2.75, 3.05) is 27.3 Å². The standard InChI is InChI=1S/C24H38N2O4/c1-14(2)9-17-13-26-8-7-16-10-21(28-5)22(29-6)11-18(16)19(26)12-20(17)30-24(27)23(25)15(3)4/h10-11,14-15,17,19-20,23H,7-9,12-13,25H2,1-6H3/t17?,19?,20?,23-/m0/s1/i1D3,3D3,4D3,7D2,8D2,9D2,10D,11D,14D,15D,19D,20D,23D/t14?,17?,19?,20?,23-. The fourth-order valence-electron chi connectivity index (χ4n) is 3.07. The average Bonchev–Trinajstić information content (AvgIpc) is 2.93. The first-order valence-electron chi connectivity index (χ1n) is 19.8. The summed E-state index contributed by atoms with van der Waals surface area (Å²) in [7, 11) is 2.03. The fourth-order valence-corrected chi connectivity index (χ4v) is 3.07. The Hall–Kier alpha value is -1.79. The van der Waals surface area contributed by atoms with Crippen LogP contribution in [0, 0.1) is 17.7 Å². The molecule has 2 aliphatic heterocycles. The second-order valence-corrected chi connectivity index (χ2v) is 6.50. The second-order valence-electron chi connectivity index (χ2n) is 6.50. The van der Waals surface area contributed by atoms with Crippen molar-refractivity contribution in [2.45, 2.75) is 64.8 Å². The fraction of sp³-hybridized carbons (Fsp3) is 0.708. The molecule has 1 aromatic rings. The van der Waals surface area contributed by atoms with E-state index in [-0.39, 0.29) is 0 Å². The van der Waals surface area contributed by atoms with Gasteiger partial charge in [0.1, 0.15) is 12.1 Å². The molecule has 168 valence electrons. The predicted octanol–water partition coefficient (Wildman–Crippen LogP) is 3.56. The molecule has 6 heteroatoms. The van der Waals surface area contributed by atoms with Crippen LogP contribution in [0.5, 0.6) is 11.5 Å². The molecule has 2 heterocycles. The van der Waals surface area contributed by atoms with Gasteiger partial charge in [0, 0.05) is 54.7 Å². The van der Waals surface area contributed by atoms with E-state index < -0.39 is 129 Å². The number of benzene rings is 1. The zero-order valence-corrected chi connectivity index (χ0v) is 16.6. The Kier molecular flexibility index (Phi) is 2.44. The van der Waals surface area contributed by atoms with Crippen molar-refractivity contribution < 1.29 is 49.2 Å². The number of fused-ring (bicyclic) bond motifs is 3. The molecule has 0 aromatic heterocycles. The Morgan fingerprint density at radius 2 is 2.17 bits per heavy atom. The number of piperidine rings is 1. The van der Waals surface area contributed by atoms with Crippen LogP contribution in [0.15, 0.2) is 12.1 Å². The van der Waals surface area contributed by atoms with E-state index in [2.05, 4.69) is 0 Å². The predicted molar refractivity (Wildman–Crippen MR) is 118 cm³/mol. The number of nitrogens with zero attached hydrogens (tertiary/aromatic N) is 1. The number of esters is 1. The Labute approximate surface area is 211 Å². The average molecular weight is 441 g/mol. The molecule has 0 amide bonds. The first-order chi connectivity index (χ1) is 22.8. The van der Waals surface area contributed by atoms with Crippen LogP contribution in [0.2, 0.25) is 0 Å². The molecule has 1 saturated heterocycles. The molecule has 2 aliphatic rings. The first-order valence-corrected chi connectivity index (χ1v) is 8.83. The van der Waals surface area contributed by atoms with Crippen molar-refractivity contribution in [3.05, 3.63) is 23.2 Å². The van der Waals surface area contributed by atoms with Crippen molar-refractivity contribution >= 4 is 5.97 Å². The Balaban J connectivity index is 2.51. The van der Waals surface area contributed by atoms with Gasteiger partial charge in [-0.1, -0.05) is 27.5 Å². The number of ether oxygens (including phenoxy) is 3. The van der Waals surface area contributed by atoms with E-state index in [4.69, 9.17) is 47.4 Å². The summed E-state index contributed by atoms with van der Waals surface area (Å²) in [6, 6.07) is -9.05. The Morgan fingerprint density at radius 3 is 2.83 bits per heavy atom. The van der Waals surface area contributed by atoms with Crippen molar-refractivity contribution in [3.8, 4) is 11.5 Å². The molecule has 30 heavy (non-hydrogen) atoms. The maximum absolute atomic E-state index is 13.8. The van der Waals surface area contributed by atoms with Crippen LogP contribution in [0.1, 0.15) is 87.6 Å². The molecule has 1 fully saturated rings. The largest absolute Gasteiger partial charge is 0.493 e. The van der Waals surface area contributed by atoms with Gasteiger partial charge in [0.05, 0.1) is 21.1 Å². The van der Waals surface area contributed by atoms with Gasteiger partial charge < -0.3 is 19.9 Å². The van der Waals surface area contributed by atoms with E-state index in [9.17, 15) is 7.54 Å². The smallest absolute Gasteiger partial charge is 0.323 e. The van der Waals surface area contributed by atoms with Crippen molar-refractivity contribution in [3.63, 3.8) is 0 Å². The number of rotatable bonds is 7. The van der Waals surface area contributed by atoms with Crippen molar-refractivity contribution in [1.29, 1.82) is 0 Å². The molecule has 0 aliphatic carbocycles. The van der Waals surface area contributed by atoms with Crippen LogP contribution in [-0.2, 0) is 15.9 Å². The zero-order valence-electron chi connectivity index (χ0n) is 38.6. The number of hydrogen-bond acceptors (Lipinski definition) is 6. The van der Waals surface area contributed by atoms with Crippen LogP contribution in [0.4, 0.5) is 0 Å². The molecule has 1 aromatic carbocycles. The maximum atomic E-state index is 13.8. The monoisotopic (exact) mass is 440 g/mol. The summed E-state index contributed by atoms with van der Waals surface area (Å²) < 4.78 is 200. The summed E-state index contributed by atoms with van der Waals surface area (Å²) in [6.07, 6.45) is -12.2. The topological polar surface area (TPSA) is 74.0 Å². The molecular formula is C24H38N2O4. The molecule has 0 bridgehead atoms. The normalized spacial score (nSPS) is 49.0. The van der Waals surface area contributed by atoms with Gasteiger partial charge in [-0.25, -0.2) is 0 Å². The summed E-state index contributed by atoms with van der Waals surface area (Å²) in [6.45, 7) is -16.0. The Bertz CT molecular complexity index is 1590. The van der Waals surface area contributed by atoms with Gasteiger partial charge in [-0.2, -0.15) is 0 Å². The number of hydrogen-bond donors (Lipinski definition) is 1. The SMILES string of the molecule is [2H]c1c(OC)c(OC)c([2H])c2c1C1([2H])CC([2H])(OC(=O)[C@@]([2H])(N)C([2H])(C([2H])([2H])[2H])C([2H])([2H])[2H])C(C([2H])([2H])C([2H])(C)C([2H])([2H])[2H])CN1C([2H])([2H])C2([2H])[2H]. The minimum atomic E-state index is -4.21. The van der Waals surface area contributed by atoms with Crippen LogP contribution in [0.3, 0.4) is 0 Å². The number of nitrogens with two attached hydrogens (primary N) is 1. The highest BCUT2D eigenvalue weighted by atomic mass is 16.5. The van der Waals surface area contributed by atoms with Crippen molar-refractivity contribution in [1.82, 2.24) is 4.90 Å². The van der Waals surface area contributed by atoms with E-state index in [0.717, 1.165) is 14.2 Å². The first kappa shape index (κ1) is 7.66. The summed E-state index contributed by atoms with van der Waals surface area (Å²) in [5, 5.41) is 0. The maximum Gasteiger partial charge on any atom is 0.323 e. The van der Waals surface area contributed by atoms with Gasteiger partial charge >= 0.3 is 5.97 Å². The molecule has 0 spiro atoms. The summed E-state index contributed by atoms with van der Waals surface area (Å²) in [5.74, 6) is -13.7. The molecule has 0 radical (unpaired) electrons. The van der Waals surface area contributed by atoms with Gasteiger partial charge in [0.2, 0.25) is 0 Å². The number of carbonyl (C=O) groups is 1. The van der Waals surface area contributed by atoms with Gasteiger partial charge in [-0.3, -0.25) is 9.69 Å². The minimum Gasteiger partial charge on any atom is -0.493 e. The summed E-state index contributed by atoms with van der Waals surface area (Å²) in [5.41, 5.74) is 3.81.